The minimum atomic E-state index is 0.0600. The SMILES string of the molecule is CCCc1cc(CO)cc(N(C)Cc2ccccc2C)n1. The molecule has 21 heavy (non-hydrogen) atoms. The van der Waals surface area contributed by atoms with E-state index >= 15 is 0 Å². The molecule has 1 heterocycles. The summed E-state index contributed by atoms with van der Waals surface area (Å²) in [5.74, 6) is 0.924. The van der Waals surface area contributed by atoms with Crippen LogP contribution in [0.15, 0.2) is 36.4 Å². The van der Waals surface area contributed by atoms with Crippen molar-refractivity contribution in [1.29, 1.82) is 0 Å². The van der Waals surface area contributed by atoms with E-state index in [1.165, 1.54) is 11.1 Å². The molecule has 1 aromatic carbocycles. The van der Waals surface area contributed by atoms with E-state index in [0.717, 1.165) is 36.5 Å². The minimum Gasteiger partial charge on any atom is -0.392 e. The normalized spacial score (nSPS) is 10.7. The first kappa shape index (κ1) is 15.5. The van der Waals surface area contributed by atoms with Crippen LogP contribution in [0.5, 0.6) is 0 Å². The first-order chi connectivity index (χ1) is 10.1. The topological polar surface area (TPSA) is 36.4 Å². The van der Waals surface area contributed by atoms with Crippen LogP contribution in [0.25, 0.3) is 0 Å². The van der Waals surface area contributed by atoms with Gasteiger partial charge in [0.2, 0.25) is 0 Å². The maximum atomic E-state index is 9.42. The molecule has 0 saturated carbocycles. The van der Waals surface area contributed by atoms with E-state index in [-0.39, 0.29) is 6.61 Å². The number of aliphatic hydroxyl groups excluding tert-OH is 1. The van der Waals surface area contributed by atoms with Gasteiger partial charge in [0.25, 0.3) is 0 Å². The van der Waals surface area contributed by atoms with Gasteiger partial charge in [0.05, 0.1) is 6.61 Å². The molecule has 0 aliphatic carbocycles. The van der Waals surface area contributed by atoms with E-state index < -0.39 is 0 Å². The Labute approximate surface area is 127 Å². The highest BCUT2D eigenvalue weighted by Crippen LogP contribution is 2.18. The van der Waals surface area contributed by atoms with Gasteiger partial charge in [-0.2, -0.15) is 0 Å². The van der Waals surface area contributed by atoms with E-state index in [1.54, 1.807) is 0 Å². The van der Waals surface area contributed by atoms with Crippen molar-refractivity contribution in [1.82, 2.24) is 4.98 Å². The molecule has 0 spiro atoms. The van der Waals surface area contributed by atoms with Crippen LogP contribution >= 0.6 is 0 Å². The van der Waals surface area contributed by atoms with Gasteiger partial charge in [-0.1, -0.05) is 37.6 Å². The van der Waals surface area contributed by atoms with Gasteiger partial charge in [0, 0.05) is 19.3 Å². The zero-order chi connectivity index (χ0) is 15.2. The van der Waals surface area contributed by atoms with Gasteiger partial charge >= 0.3 is 0 Å². The summed E-state index contributed by atoms with van der Waals surface area (Å²) in [4.78, 5) is 6.85. The predicted molar refractivity (Wildman–Crippen MR) is 87.4 cm³/mol. The van der Waals surface area contributed by atoms with E-state index in [4.69, 9.17) is 4.98 Å². The average molecular weight is 284 g/mol. The fourth-order valence-electron chi connectivity index (χ4n) is 2.43. The lowest BCUT2D eigenvalue weighted by Crippen LogP contribution is -2.19. The number of aryl methyl sites for hydroxylation is 2. The number of benzene rings is 1. The molecule has 0 radical (unpaired) electrons. The Morgan fingerprint density at radius 1 is 1.19 bits per heavy atom. The van der Waals surface area contributed by atoms with Gasteiger partial charge in [-0.3, -0.25) is 0 Å². The van der Waals surface area contributed by atoms with E-state index in [0.29, 0.717) is 0 Å². The van der Waals surface area contributed by atoms with Crippen LogP contribution in [0.1, 0.15) is 35.7 Å². The van der Waals surface area contributed by atoms with Gasteiger partial charge < -0.3 is 10.0 Å². The Hall–Kier alpha value is -1.87. The lowest BCUT2D eigenvalue weighted by Gasteiger charge is -2.21. The number of nitrogens with zero attached hydrogens (tertiary/aromatic N) is 2. The minimum absolute atomic E-state index is 0.0600. The van der Waals surface area contributed by atoms with Crippen LogP contribution in [0, 0.1) is 6.92 Å². The second-order valence-electron chi connectivity index (χ2n) is 5.52. The van der Waals surface area contributed by atoms with Crippen LogP contribution in [0.2, 0.25) is 0 Å². The molecule has 2 aromatic rings. The fourth-order valence-corrected chi connectivity index (χ4v) is 2.43. The van der Waals surface area contributed by atoms with Crippen molar-refractivity contribution < 1.29 is 5.11 Å². The Balaban J connectivity index is 2.23. The maximum Gasteiger partial charge on any atom is 0.129 e. The van der Waals surface area contributed by atoms with Gasteiger partial charge in [-0.25, -0.2) is 4.98 Å². The monoisotopic (exact) mass is 284 g/mol. The molecule has 0 aliphatic rings. The molecule has 2 rings (SSSR count). The number of aliphatic hydroxyl groups is 1. The van der Waals surface area contributed by atoms with Crippen molar-refractivity contribution in [2.24, 2.45) is 0 Å². The van der Waals surface area contributed by atoms with Gasteiger partial charge in [-0.05, 0) is 42.2 Å². The summed E-state index contributed by atoms with van der Waals surface area (Å²) in [6, 6.07) is 12.4. The Kier molecular flexibility index (Phi) is 5.34. The molecule has 3 nitrogen and oxygen atoms in total. The van der Waals surface area contributed by atoms with E-state index in [2.05, 4.69) is 43.0 Å². The molecule has 1 N–H and O–H groups in total. The third kappa shape index (κ3) is 4.05. The summed E-state index contributed by atoms with van der Waals surface area (Å²) in [6.45, 7) is 5.15. The molecule has 3 heteroatoms. The lowest BCUT2D eigenvalue weighted by atomic mass is 10.1. The van der Waals surface area contributed by atoms with Gasteiger partial charge in [0.1, 0.15) is 5.82 Å². The zero-order valence-electron chi connectivity index (χ0n) is 13.1. The highest BCUT2D eigenvalue weighted by atomic mass is 16.3. The number of anilines is 1. The summed E-state index contributed by atoms with van der Waals surface area (Å²) < 4.78 is 0. The molecule has 0 bridgehead atoms. The third-order valence-corrected chi connectivity index (χ3v) is 3.67. The average Bonchev–Trinajstić information content (AvgIpc) is 2.49. The first-order valence-corrected chi connectivity index (χ1v) is 7.50. The first-order valence-electron chi connectivity index (χ1n) is 7.50. The van der Waals surface area contributed by atoms with Crippen molar-refractivity contribution in [3.8, 4) is 0 Å². The summed E-state index contributed by atoms with van der Waals surface area (Å²) in [5.41, 5.74) is 4.57. The fraction of sp³-hybridized carbons (Fsp3) is 0.389. The standard InChI is InChI=1S/C18H24N2O/c1-4-7-17-10-15(13-21)11-18(19-17)20(3)12-16-9-6-5-8-14(16)2/h5-6,8-11,21H,4,7,12-13H2,1-3H3. The Morgan fingerprint density at radius 2 is 1.95 bits per heavy atom. The molecule has 0 unspecified atom stereocenters. The molecule has 1 aromatic heterocycles. The second kappa shape index (κ2) is 7.23. The highest BCUT2D eigenvalue weighted by molar-refractivity contribution is 5.43. The molecule has 0 fully saturated rings. The number of hydrogen-bond acceptors (Lipinski definition) is 3. The summed E-state index contributed by atoms with van der Waals surface area (Å²) in [5, 5.41) is 9.42. The van der Waals surface area contributed by atoms with Crippen LogP contribution in [0.3, 0.4) is 0 Å². The van der Waals surface area contributed by atoms with Crippen molar-refractivity contribution in [2.45, 2.75) is 39.8 Å². The number of rotatable bonds is 6. The van der Waals surface area contributed by atoms with E-state index in [9.17, 15) is 5.11 Å². The van der Waals surface area contributed by atoms with Crippen molar-refractivity contribution >= 4 is 5.82 Å². The number of pyridine rings is 1. The molecule has 0 aliphatic heterocycles. The van der Waals surface area contributed by atoms with Gasteiger partial charge in [-0.15, -0.1) is 0 Å². The molecule has 0 amide bonds. The Morgan fingerprint density at radius 3 is 2.62 bits per heavy atom. The maximum absolute atomic E-state index is 9.42. The predicted octanol–water partition coefficient (Wildman–Crippen LogP) is 3.47. The molecular weight excluding hydrogens is 260 g/mol. The molecule has 0 saturated heterocycles. The zero-order valence-corrected chi connectivity index (χ0v) is 13.1. The van der Waals surface area contributed by atoms with Crippen LogP contribution in [-0.4, -0.2) is 17.1 Å². The van der Waals surface area contributed by atoms with Crippen molar-refractivity contribution in [3.05, 3.63) is 58.8 Å². The Bertz CT molecular complexity index is 596. The van der Waals surface area contributed by atoms with Crippen molar-refractivity contribution in [3.63, 3.8) is 0 Å². The summed E-state index contributed by atoms with van der Waals surface area (Å²) >= 11 is 0. The van der Waals surface area contributed by atoms with Gasteiger partial charge in [0.15, 0.2) is 0 Å². The smallest absolute Gasteiger partial charge is 0.129 e. The quantitative estimate of drug-likeness (QED) is 0.882. The summed E-state index contributed by atoms with van der Waals surface area (Å²) in [7, 11) is 2.05. The second-order valence-corrected chi connectivity index (χ2v) is 5.52. The molecule has 0 atom stereocenters. The van der Waals surface area contributed by atoms with Crippen LogP contribution in [0.4, 0.5) is 5.82 Å². The number of aromatic nitrogens is 1. The highest BCUT2D eigenvalue weighted by Gasteiger charge is 2.08. The van der Waals surface area contributed by atoms with Crippen LogP contribution in [-0.2, 0) is 19.6 Å². The number of hydrogen-bond donors (Lipinski definition) is 1. The lowest BCUT2D eigenvalue weighted by molar-refractivity contribution is 0.281. The molecular formula is C18H24N2O. The van der Waals surface area contributed by atoms with Crippen LogP contribution < -0.4 is 4.90 Å². The van der Waals surface area contributed by atoms with E-state index in [1.807, 2.05) is 19.2 Å². The third-order valence-electron chi connectivity index (χ3n) is 3.67. The van der Waals surface area contributed by atoms with Crippen molar-refractivity contribution in [2.75, 3.05) is 11.9 Å². The molecule has 112 valence electrons. The summed E-state index contributed by atoms with van der Waals surface area (Å²) in [6.07, 6.45) is 2.00. The largest absolute Gasteiger partial charge is 0.392 e.